The number of nitrogen functional groups attached to an aromatic ring is 1. The van der Waals surface area contributed by atoms with Gasteiger partial charge in [-0.15, -0.1) is 0 Å². The van der Waals surface area contributed by atoms with Crippen LogP contribution in [-0.4, -0.2) is 23.0 Å². The second-order valence-electron chi connectivity index (χ2n) is 5.21. The predicted molar refractivity (Wildman–Crippen MR) is 74.4 cm³/mol. The van der Waals surface area contributed by atoms with Gasteiger partial charge in [0.2, 0.25) is 5.91 Å². The summed E-state index contributed by atoms with van der Waals surface area (Å²) in [6.45, 7) is 6.19. The number of hydrogen-bond donors (Lipinski definition) is 3. The van der Waals surface area contributed by atoms with E-state index < -0.39 is 0 Å². The van der Waals surface area contributed by atoms with Gasteiger partial charge in [-0.1, -0.05) is 0 Å². The summed E-state index contributed by atoms with van der Waals surface area (Å²) < 4.78 is 0. The number of carbonyl (C=O) groups excluding carboxylic acids is 1. The van der Waals surface area contributed by atoms with E-state index in [1.165, 1.54) is 6.20 Å². The summed E-state index contributed by atoms with van der Waals surface area (Å²) >= 11 is 0. The third-order valence-electron chi connectivity index (χ3n) is 2.27. The monoisotopic (exact) mass is 261 g/mol. The molecular weight excluding hydrogens is 242 g/mol. The SMILES string of the molecule is CC(C)(C)NC(=O)CCNc1nccc(C#N)c1N. The molecule has 0 radical (unpaired) electrons. The van der Waals surface area contributed by atoms with E-state index in [-0.39, 0.29) is 11.4 Å². The minimum absolute atomic E-state index is 0.0463. The number of nitrogens with two attached hydrogens (primary N) is 1. The first-order valence-corrected chi connectivity index (χ1v) is 6.03. The molecule has 0 aliphatic rings. The first kappa shape index (κ1) is 14.8. The molecule has 1 rings (SSSR count). The molecule has 1 aromatic heterocycles. The number of pyridine rings is 1. The van der Waals surface area contributed by atoms with Crippen LogP contribution in [0.2, 0.25) is 0 Å². The van der Waals surface area contributed by atoms with Crippen LogP contribution in [0.1, 0.15) is 32.8 Å². The van der Waals surface area contributed by atoms with Crippen LogP contribution in [-0.2, 0) is 4.79 Å². The molecule has 19 heavy (non-hydrogen) atoms. The van der Waals surface area contributed by atoms with Crippen LogP contribution in [0.15, 0.2) is 12.3 Å². The van der Waals surface area contributed by atoms with Gasteiger partial charge in [-0.25, -0.2) is 4.98 Å². The normalized spacial score (nSPS) is 10.6. The lowest BCUT2D eigenvalue weighted by Crippen LogP contribution is -2.41. The number of nitriles is 1. The van der Waals surface area contributed by atoms with E-state index in [0.29, 0.717) is 30.0 Å². The Hall–Kier alpha value is -2.29. The lowest BCUT2D eigenvalue weighted by molar-refractivity contribution is -0.122. The lowest BCUT2D eigenvalue weighted by Gasteiger charge is -2.20. The molecule has 0 aliphatic carbocycles. The Balaban J connectivity index is 2.51. The van der Waals surface area contributed by atoms with E-state index in [4.69, 9.17) is 11.0 Å². The zero-order chi connectivity index (χ0) is 14.5. The standard InChI is InChI=1S/C13H19N5O/c1-13(2,3)18-10(19)5-7-17-12-11(15)9(8-14)4-6-16-12/h4,6H,5,7,15H2,1-3H3,(H,16,17)(H,18,19). The molecule has 0 atom stereocenters. The maximum Gasteiger partial charge on any atom is 0.222 e. The highest BCUT2D eigenvalue weighted by Crippen LogP contribution is 2.18. The van der Waals surface area contributed by atoms with Crippen molar-refractivity contribution < 1.29 is 4.79 Å². The lowest BCUT2D eigenvalue weighted by atomic mass is 10.1. The number of rotatable bonds is 4. The van der Waals surface area contributed by atoms with Gasteiger partial charge < -0.3 is 16.4 Å². The predicted octanol–water partition coefficient (Wildman–Crippen LogP) is 1.25. The zero-order valence-electron chi connectivity index (χ0n) is 11.4. The van der Waals surface area contributed by atoms with Gasteiger partial charge >= 0.3 is 0 Å². The maximum atomic E-state index is 11.6. The molecule has 4 N–H and O–H groups in total. The van der Waals surface area contributed by atoms with Gasteiger partial charge in [-0.3, -0.25) is 4.79 Å². The molecule has 0 aliphatic heterocycles. The van der Waals surface area contributed by atoms with E-state index in [1.807, 2.05) is 26.8 Å². The van der Waals surface area contributed by atoms with Crippen LogP contribution >= 0.6 is 0 Å². The van der Waals surface area contributed by atoms with Gasteiger partial charge in [0, 0.05) is 24.7 Å². The smallest absolute Gasteiger partial charge is 0.222 e. The Morgan fingerprint density at radius 3 is 2.79 bits per heavy atom. The topological polar surface area (TPSA) is 104 Å². The number of aromatic nitrogens is 1. The van der Waals surface area contributed by atoms with Gasteiger partial charge in [0.15, 0.2) is 5.82 Å². The van der Waals surface area contributed by atoms with Crippen LogP contribution in [0.3, 0.4) is 0 Å². The van der Waals surface area contributed by atoms with Gasteiger partial charge in [0.25, 0.3) is 0 Å². The summed E-state index contributed by atoms with van der Waals surface area (Å²) in [5.41, 5.74) is 6.20. The van der Waals surface area contributed by atoms with Crippen molar-refractivity contribution in [2.45, 2.75) is 32.7 Å². The Labute approximate surface area is 113 Å². The van der Waals surface area contributed by atoms with Crippen molar-refractivity contribution in [3.05, 3.63) is 17.8 Å². The Morgan fingerprint density at radius 2 is 2.21 bits per heavy atom. The fraction of sp³-hybridized carbons (Fsp3) is 0.462. The van der Waals surface area contributed by atoms with Crippen LogP contribution < -0.4 is 16.4 Å². The van der Waals surface area contributed by atoms with Crippen molar-refractivity contribution in [3.63, 3.8) is 0 Å². The Kier molecular flexibility index (Phi) is 4.70. The van der Waals surface area contributed by atoms with Crippen LogP contribution in [0, 0.1) is 11.3 Å². The van der Waals surface area contributed by atoms with Gasteiger partial charge in [0.1, 0.15) is 6.07 Å². The summed E-state index contributed by atoms with van der Waals surface area (Å²) in [4.78, 5) is 15.6. The van der Waals surface area contributed by atoms with Crippen molar-refractivity contribution in [3.8, 4) is 6.07 Å². The van der Waals surface area contributed by atoms with Crippen molar-refractivity contribution in [2.24, 2.45) is 0 Å². The largest absolute Gasteiger partial charge is 0.395 e. The Morgan fingerprint density at radius 1 is 1.53 bits per heavy atom. The fourth-order valence-corrected chi connectivity index (χ4v) is 1.49. The minimum Gasteiger partial charge on any atom is -0.395 e. The first-order chi connectivity index (χ1) is 8.83. The highest BCUT2D eigenvalue weighted by molar-refractivity contribution is 5.77. The van der Waals surface area contributed by atoms with E-state index in [2.05, 4.69) is 15.6 Å². The van der Waals surface area contributed by atoms with Crippen molar-refractivity contribution in [1.82, 2.24) is 10.3 Å². The molecule has 0 aromatic carbocycles. The number of hydrogen-bond acceptors (Lipinski definition) is 5. The second-order valence-corrected chi connectivity index (χ2v) is 5.21. The summed E-state index contributed by atoms with van der Waals surface area (Å²) in [5, 5.41) is 14.7. The fourth-order valence-electron chi connectivity index (χ4n) is 1.49. The third-order valence-corrected chi connectivity index (χ3v) is 2.27. The van der Waals surface area contributed by atoms with Gasteiger partial charge in [0.05, 0.1) is 11.3 Å². The quantitative estimate of drug-likeness (QED) is 0.756. The van der Waals surface area contributed by atoms with Gasteiger partial charge in [-0.05, 0) is 26.8 Å². The summed E-state index contributed by atoms with van der Waals surface area (Å²) in [6.07, 6.45) is 1.82. The van der Waals surface area contributed by atoms with E-state index in [0.717, 1.165) is 0 Å². The first-order valence-electron chi connectivity index (χ1n) is 6.03. The second kappa shape index (κ2) is 6.05. The van der Waals surface area contributed by atoms with Crippen molar-refractivity contribution in [1.29, 1.82) is 5.26 Å². The molecule has 0 saturated carbocycles. The molecule has 0 spiro atoms. The highest BCUT2D eigenvalue weighted by atomic mass is 16.1. The molecule has 102 valence electrons. The molecule has 1 aromatic rings. The van der Waals surface area contributed by atoms with Crippen LogP contribution in [0.4, 0.5) is 11.5 Å². The average molecular weight is 261 g/mol. The van der Waals surface area contributed by atoms with Crippen LogP contribution in [0.5, 0.6) is 0 Å². The third kappa shape index (κ3) is 4.84. The molecule has 0 fully saturated rings. The number of nitrogens with zero attached hydrogens (tertiary/aromatic N) is 2. The zero-order valence-corrected chi connectivity index (χ0v) is 11.4. The Bertz CT molecular complexity index is 499. The van der Waals surface area contributed by atoms with Crippen LogP contribution in [0.25, 0.3) is 0 Å². The molecule has 0 bridgehead atoms. The number of nitrogens with one attached hydrogen (secondary N) is 2. The molecule has 0 unspecified atom stereocenters. The summed E-state index contributed by atoms with van der Waals surface area (Å²) in [7, 11) is 0. The average Bonchev–Trinajstić information content (AvgIpc) is 2.29. The molecular formula is C13H19N5O. The van der Waals surface area contributed by atoms with E-state index in [1.54, 1.807) is 6.07 Å². The molecule has 0 saturated heterocycles. The highest BCUT2D eigenvalue weighted by Gasteiger charge is 2.13. The van der Waals surface area contributed by atoms with Gasteiger partial charge in [-0.2, -0.15) is 5.26 Å². The van der Waals surface area contributed by atoms with Crippen molar-refractivity contribution in [2.75, 3.05) is 17.6 Å². The van der Waals surface area contributed by atoms with E-state index >= 15 is 0 Å². The molecule has 1 heterocycles. The molecule has 6 heteroatoms. The van der Waals surface area contributed by atoms with E-state index in [9.17, 15) is 4.79 Å². The van der Waals surface area contributed by atoms with Crippen molar-refractivity contribution >= 4 is 17.4 Å². The molecule has 1 amide bonds. The summed E-state index contributed by atoms with van der Waals surface area (Å²) in [5.74, 6) is 0.387. The number of amides is 1. The number of anilines is 2. The molecule has 6 nitrogen and oxygen atoms in total. The summed E-state index contributed by atoms with van der Waals surface area (Å²) in [6, 6.07) is 3.53. The maximum absolute atomic E-state index is 11.6. The minimum atomic E-state index is -0.241. The number of carbonyl (C=O) groups is 1.